The molecule has 2 aromatic carbocycles. The Morgan fingerprint density at radius 2 is 1.95 bits per heavy atom. The SMILES string of the molecule is Cc1cccc(OC(C)C(=O)Nc2ccccc2[N+](=O)[O-])c1. The van der Waals surface area contributed by atoms with Crippen LogP contribution in [-0.4, -0.2) is 16.9 Å². The first-order valence-electron chi connectivity index (χ1n) is 6.75. The van der Waals surface area contributed by atoms with Gasteiger partial charge in [0.25, 0.3) is 11.6 Å². The summed E-state index contributed by atoms with van der Waals surface area (Å²) in [6.45, 7) is 3.51. The van der Waals surface area contributed by atoms with E-state index >= 15 is 0 Å². The van der Waals surface area contributed by atoms with Gasteiger partial charge in [-0.1, -0.05) is 24.3 Å². The number of carbonyl (C=O) groups is 1. The van der Waals surface area contributed by atoms with E-state index in [1.54, 1.807) is 25.1 Å². The number of nitrogens with one attached hydrogen (secondary N) is 1. The van der Waals surface area contributed by atoms with Crippen LogP contribution >= 0.6 is 0 Å². The minimum atomic E-state index is -0.776. The van der Waals surface area contributed by atoms with Crippen molar-refractivity contribution in [2.75, 3.05) is 5.32 Å². The van der Waals surface area contributed by atoms with Gasteiger partial charge in [-0.05, 0) is 37.6 Å². The van der Waals surface area contributed by atoms with E-state index in [4.69, 9.17) is 4.74 Å². The van der Waals surface area contributed by atoms with Crippen LogP contribution in [0.15, 0.2) is 48.5 Å². The number of hydrogen-bond donors (Lipinski definition) is 1. The molecule has 1 atom stereocenters. The number of aryl methyl sites for hydroxylation is 1. The number of carbonyl (C=O) groups excluding carboxylic acids is 1. The Kier molecular flexibility index (Phi) is 4.73. The summed E-state index contributed by atoms with van der Waals surface area (Å²) in [6.07, 6.45) is -0.776. The number of nitrogens with zero attached hydrogens (tertiary/aromatic N) is 1. The largest absolute Gasteiger partial charge is 0.481 e. The zero-order valence-corrected chi connectivity index (χ0v) is 12.3. The Morgan fingerprint density at radius 1 is 1.23 bits per heavy atom. The third-order valence-corrected chi connectivity index (χ3v) is 3.03. The van der Waals surface area contributed by atoms with Crippen molar-refractivity contribution in [2.45, 2.75) is 20.0 Å². The number of nitro groups is 1. The average Bonchev–Trinajstić information content (AvgIpc) is 2.47. The van der Waals surface area contributed by atoms with Crippen LogP contribution in [-0.2, 0) is 4.79 Å². The number of anilines is 1. The third-order valence-electron chi connectivity index (χ3n) is 3.03. The number of para-hydroxylation sites is 2. The first-order chi connectivity index (χ1) is 10.5. The van der Waals surface area contributed by atoms with Crippen molar-refractivity contribution < 1.29 is 14.5 Å². The smallest absolute Gasteiger partial charge is 0.292 e. The van der Waals surface area contributed by atoms with Crippen molar-refractivity contribution in [3.63, 3.8) is 0 Å². The molecule has 2 rings (SSSR count). The first-order valence-corrected chi connectivity index (χ1v) is 6.75. The van der Waals surface area contributed by atoms with Gasteiger partial charge in [-0.2, -0.15) is 0 Å². The maximum atomic E-state index is 12.1. The molecule has 0 aliphatic heterocycles. The predicted octanol–water partition coefficient (Wildman–Crippen LogP) is 3.31. The molecule has 1 unspecified atom stereocenters. The van der Waals surface area contributed by atoms with E-state index in [2.05, 4.69) is 5.32 Å². The lowest BCUT2D eigenvalue weighted by atomic mass is 10.2. The summed E-state index contributed by atoms with van der Waals surface area (Å²) in [7, 11) is 0. The van der Waals surface area contributed by atoms with Gasteiger partial charge in [-0.3, -0.25) is 14.9 Å². The van der Waals surface area contributed by atoms with Crippen LogP contribution in [0.25, 0.3) is 0 Å². The van der Waals surface area contributed by atoms with E-state index in [9.17, 15) is 14.9 Å². The molecule has 22 heavy (non-hydrogen) atoms. The van der Waals surface area contributed by atoms with E-state index in [1.807, 2.05) is 25.1 Å². The van der Waals surface area contributed by atoms with Gasteiger partial charge < -0.3 is 10.1 Å². The molecule has 6 nitrogen and oxygen atoms in total. The molecule has 0 radical (unpaired) electrons. The standard InChI is InChI=1S/C16H16N2O4/c1-11-6-5-7-13(10-11)22-12(2)16(19)17-14-8-3-4-9-15(14)18(20)21/h3-10,12H,1-2H3,(H,17,19). The van der Waals surface area contributed by atoms with Crippen LogP contribution < -0.4 is 10.1 Å². The lowest BCUT2D eigenvalue weighted by Crippen LogP contribution is -2.30. The maximum Gasteiger partial charge on any atom is 0.292 e. The number of nitro benzene ring substituents is 1. The second-order valence-corrected chi connectivity index (χ2v) is 4.84. The molecule has 0 heterocycles. The predicted molar refractivity (Wildman–Crippen MR) is 83.0 cm³/mol. The van der Waals surface area contributed by atoms with Crippen LogP contribution in [0.1, 0.15) is 12.5 Å². The highest BCUT2D eigenvalue weighted by atomic mass is 16.6. The Labute approximate surface area is 127 Å². The minimum Gasteiger partial charge on any atom is -0.481 e. The highest BCUT2D eigenvalue weighted by molar-refractivity contribution is 5.96. The van der Waals surface area contributed by atoms with Gasteiger partial charge in [0.1, 0.15) is 11.4 Å². The molecule has 114 valence electrons. The van der Waals surface area contributed by atoms with Crippen molar-refractivity contribution >= 4 is 17.3 Å². The molecule has 0 aromatic heterocycles. The van der Waals surface area contributed by atoms with Crippen LogP contribution in [0.2, 0.25) is 0 Å². The molecule has 6 heteroatoms. The molecule has 0 aliphatic rings. The molecule has 1 amide bonds. The molecule has 0 aliphatic carbocycles. The number of amides is 1. The molecule has 0 saturated heterocycles. The monoisotopic (exact) mass is 300 g/mol. The molecule has 0 fully saturated rings. The molecule has 0 spiro atoms. The summed E-state index contributed by atoms with van der Waals surface area (Å²) in [6, 6.07) is 13.3. The molecular weight excluding hydrogens is 284 g/mol. The maximum absolute atomic E-state index is 12.1. The summed E-state index contributed by atoms with van der Waals surface area (Å²) in [5.74, 6) is 0.126. The lowest BCUT2D eigenvalue weighted by molar-refractivity contribution is -0.383. The van der Waals surface area contributed by atoms with Gasteiger partial charge in [-0.15, -0.1) is 0 Å². The summed E-state index contributed by atoms with van der Waals surface area (Å²) in [5.41, 5.74) is 1.01. The summed E-state index contributed by atoms with van der Waals surface area (Å²) in [5, 5.41) is 13.4. The number of hydrogen-bond acceptors (Lipinski definition) is 4. The van der Waals surface area contributed by atoms with E-state index in [0.717, 1.165) is 5.56 Å². The Hall–Kier alpha value is -2.89. The van der Waals surface area contributed by atoms with Crippen molar-refractivity contribution in [2.24, 2.45) is 0 Å². The normalized spacial score (nSPS) is 11.5. The van der Waals surface area contributed by atoms with E-state index in [1.165, 1.54) is 12.1 Å². The molecular formula is C16H16N2O4. The second-order valence-electron chi connectivity index (χ2n) is 4.84. The van der Waals surface area contributed by atoms with E-state index in [-0.39, 0.29) is 11.4 Å². The fraction of sp³-hybridized carbons (Fsp3) is 0.188. The van der Waals surface area contributed by atoms with Crippen molar-refractivity contribution in [3.8, 4) is 5.75 Å². The Balaban J connectivity index is 2.07. The van der Waals surface area contributed by atoms with Crippen molar-refractivity contribution in [1.82, 2.24) is 0 Å². The number of rotatable bonds is 5. The molecule has 1 N–H and O–H groups in total. The summed E-state index contributed by atoms with van der Waals surface area (Å²) in [4.78, 5) is 22.5. The van der Waals surface area contributed by atoms with Crippen LogP contribution in [0.3, 0.4) is 0 Å². The quantitative estimate of drug-likeness (QED) is 0.678. The van der Waals surface area contributed by atoms with Gasteiger partial charge in [0.2, 0.25) is 0 Å². The topological polar surface area (TPSA) is 81.5 Å². The van der Waals surface area contributed by atoms with Gasteiger partial charge in [-0.25, -0.2) is 0 Å². The van der Waals surface area contributed by atoms with Gasteiger partial charge >= 0.3 is 0 Å². The highest BCUT2D eigenvalue weighted by Gasteiger charge is 2.19. The summed E-state index contributed by atoms with van der Waals surface area (Å²) < 4.78 is 5.55. The highest BCUT2D eigenvalue weighted by Crippen LogP contribution is 2.23. The van der Waals surface area contributed by atoms with E-state index in [0.29, 0.717) is 5.75 Å². The van der Waals surface area contributed by atoms with E-state index < -0.39 is 16.9 Å². The van der Waals surface area contributed by atoms with Gasteiger partial charge in [0, 0.05) is 6.07 Å². The van der Waals surface area contributed by atoms with Crippen LogP contribution in [0.5, 0.6) is 5.75 Å². The van der Waals surface area contributed by atoms with Gasteiger partial charge in [0.05, 0.1) is 4.92 Å². The van der Waals surface area contributed by atoms with Crippen LogP contribution in [0, 0.1) is 17.0 Å². The summed E-state index contributed by atoms with van der Waals surface area (Å²) >= 11 is 0. The fourth-order valence-corrected chi connectivity index (χ4v) is 1.92. The fourth-order valence-electron chi connectivity index (χ4n) is 1.92. The molecule has 0 bridgehead atoms. The Bertz CT molecular complexity index is 700. The number of benzene rings is 2. The third kappa shape index (κ3) is 3.82. The molecule has 0 saturated carbocycles. The van der Waals surface area contributed by atoms with Gasteiger partial charge in [0.15, 0.2) is 6.10 Å². The zero-order chi connectivity index (χ0) is 16.1. The first kappa shape index (κ1) is 15.5. The Morgan fingerprint density at radius 3 is 2.64 bits per heavy atom. The average molecular weight is 300 g/mol. The lowest BCUT2D eigenvalue weighted by Gasteiger charge is -2.15. The zero-order valence-electron chi connectivity index (χ0n) is 12.3. The molecule has 2 aromatic rings. The minimum absolute atomic E-state index is 0.150. The number of ether oxygens (including phenoxy) is 1. The van der Waals surface area contributed by atoms with Crippen molar-refractivity contribution in [3.05, 3.63) is 64.2 Å². The second kappa shape index (κ2) is 6.71. The van der Waals surface area contributed by atoms with Crippen LogP contribution in [0.4, 0.5) is 11.4 Å². The van der Waals surface area contributed by atoms with Crippen molar-refractivity contribution in [1.29, 1.82) is 0 Å².